The number of imidazole rings is 1. The molecule has 1 amide bonds. The fourth-order valence-corrected chi connectivity index (χ4v) is 4.16. The Morgan fingerprint density at radius 2 is 1.90 bits per heavy atom. The lowest BCUT2D eigenvalue weighted by Gasteiger charge is -2.32. The summed E-state index contributed by atoms with van der Waals surface area (Å²) in [4.78, 5) is 19.7. The number of aryl methyl sites for hydroxylation is 1. The first-order chi connectivity index (χ1) is 14.6. The molecule has 1 aliphatic heterocycles. The molecule has 3 aromatic rings. The highest BCUT2D eigenvalue weighted by Crippen LogP contribution is 2.27. The van der Waals surface area contributed by atoms with E-state index >= 15 is 0 Å². The number of aromatic hydroxyl groups is 2. The van der Waals surface area contributed by atoms with E-state index in [1.807, 2.05) is 18.2 Å². The molecule has 3 N–H and O–H groups in total. The first kappa shape index (κ1) is 20.1. The quantitative estimate of drug-likeness (QED) is 0.546. The van der Waals surface area contributed by atoms with Crippen LogP contribution in [0.25, 0.3) is 11.0 Å². The van der Waals surface area contributed by atoms with Crippen LogP contribution < -0.4 is 10.2 Å². The molecule has 0 atom stereocenters. The number of hydrogen-bond acceptors (Lipinski definition) is 5. The van der Waals surface area contributed by atoms with Crippen molar-refractivity contribution in [2.75, 3.05) is 24.5 Å². The Kier molecular flexibility index (Phi) is 5.79. The van der Waals surface area contributed by atoms with Crippen LogP contribution in [0.1, 0.15) is 25.3 Å². The molecule has 1 saturated heterocycles. The number of phenolic OH excluding ortho intramolecular Hbond substituents is 2. The minimum absolute atomic E-state index is 0.00826. The molecule has 0 bridgehead atoms. The average Bonchev–Trinajstić information content (AvgIpc) is 3.15. The summed E-state index contributed by atoms with van der Waals surface area (Å²) < 4.78 is 2.24. The van der Waals surface area contributed by atoms with Gasteiger partial charge in [-0.15, -0.1) is 0 Å². The Balaban J connectivity index is 1.31. The zero-order valence-electron chi connectivity index (χ0n) is 17.2. The van der Waals surface area contributed by atoms with E-state index in [-0.39, 0.29) is 23.3 Å². The summed E-state index contributed by atoms with van der Waals surface area (Å²) in [6, 6.07) is 12.9. The molecule has 0 radical (unpaired) electrons. The molecule has 2 heterocycles. The van der Waals surface area contributed by atoms with Gasteiger partial charge >= 0.3 is 0 Å². The van der Waals surface area contributed by atoms with Crippen LogP contribution >= 0.6 is 0 Å². The second-order valence-corrected chi connectivity index (χ2v) is 7.77. The van der Waals surface area contributed by atoms with Gasteiger partial charge in [0.2, 0.25) is 11.9 Å². The van der Waals surface area contributed by atoms with Gasteiger partial charge < -0.3 is 25.0 Å². The van der Waals surface area contributed by atoms with Crippen molar-refractivity contribution in [1.29, 1.82) is 0 Å². The number of amides is 1. The van der Waals surface area contributed by atoms with Gasteiger partial charge in [0.1, 0.15) is 0 Å². The van der Waals surface area contributed by atoms with Crippen LogP contribution in [0.3, 0.4) is 0 Å². The summed E-state index contributed by atoms with van der Waals surface area (Å²) in [5, 5.41) is 22.0. The maximum absolute atomic E-state index is 12.6. The minimum Gasteiger partial charge on any atom is -0.504 e. The standard InChI is InChI=1S/C23H28N4O3/c1-2-27-19-6-4-3-5-18(19)25-23(27)26-13-10-17(11-14-26)22(30)24-12-9-16-7-8-20(28)21(29)15-16/h3-8,15,17,28-29H,2,9-14H2,1H3,(H,24,30). The molecule has 7 heteroatoms. The van der Waals surface area contributed by atoms with Gasteiger partial charge in [-0.2, -0.15) is 0 Å². The Labute approximate surface area is 176 Å². The maximum atomic E-state index is 12.6. The normalized spacial score (nSPS) is 14.9. The van der Waals surface area contributed by atoms with E-state index in [0.29, 0.717) is 13.0 Å². The van der Waals surface area contributed by atoms with E-state index in [1.165, 1.54) is 12.1 Å². The van der Waals surface area contributed by atoms with Crippen molar-refractivity contribution in [3.63, 3.8) is 0 Å². The summed E-state index contributed by atoms with van der Waals surface area (Å²) in [6.45, 7) is 5.13. The van der Waals surface area contributed by atoms with Gasteiger partial charge in [-0.05, 0) is 56.0 Å². The number of aromatic nitrogens is 2. The first-order valence-corrected chi connectivity index (χ1v) is 10.6. The van der Waals surface area contributed by atoms with Crippen LogP contribution in [-0.2, 0) is 17.8 Å². The summed E-state index contributed by atoms with van der Waals surface area (Å²) in [5.41, 5.74) is 3.03. The Bertz CT molecular complexity index is 1040. The summed E-state index contributed by atoms with van der Waals surface area (Å²) >= 11 is 0. The number of piperidine rings is 1. The van der Waals surface area contributed by atoms with E-state index in [1.54, 1.807) is 6.07 Å². The summed E-state index contributed by atoms with van der Waals surface area (Å²) in [6.07, 6.45) is 2.22. The molecule has 0 spiro atoms. The van der Waals surface area contributed by atoms with Gasteiger partial charge in [0.25, 0.3) is 0 Å². The zero-order valence-corrected chi connectivity index (χ0v) is 17.2. The van der Waals surface area contributed by atoms with Crippen LogP contribution in [0.15, 0.2) is 42.5 Å². The molecule has 0 saturated carbocycles. The van der Waals surface area contributed by atoms with Crippen LogP contribution in [0, 0.1) is 5.92 Å². The predicted molar refractivity (Wildman–Crippen MR) is 117 cm³/mol. The molecule has 30 heavy (non-hydrogen) atoms. The average molecular weight is 409 g/mol. The molecule has 0 unspecified atom stereocenters. The van der Waals surface area contributed by atoms with Gasteiger partial charge in [0, 0.05) is 32.1 Å². The fraction of sp³-hybridized carbons (Fsp3) is 0.391. The van der Waals surface area contributed by atoms with E-state index in [9.17, 15) is 15.0 Å². The van der Waals surface area contributed by atoms with Crippen molar-refractivity contribution in [1.82, 2.24) is 14.9 Å². The number of phenols is 2. The number of carbonyl (C=O) groups excluding carboxylic acids is 1. The lowest BCUT2D eigenvalue weighted by atomic mass is 9.96. The predicted octanol–water partition coefficient (Wildman–Crippen LogP) is 3.04. The number of benzene rings is 2. The number of fused-ring (bicyclic) bond motifs is 1. The molecule has 4 rings (SSSR count). The highest BCUT2D eigenvalue weighted by molar-refractivity contribution is 5.80. The summed E-state index contributed by atoms with van der Waals surface area (Å²) in [7, 11) is 0. The molecule has 2 aromatic carbocycles. The number of rotatable bonds is 6. The lowest BCUT2D eigenvalue weighted by Crippen LogP contribution is -2.41. The number of hydrogen-bond donors (Lipinski definition) is 3. The largest absolute Gasteiger partial charge is 0.504 e. The van der Waals surface area contributed by atoms with E-state index < -0.39 is 0 Å². The summed E-state index contributed by atoms with van der Waals surface area (Å²) in [5.74, 6) is 0.815. The van der Waals surface area contributed by atoms with Gasteiger partial charge in [0.05, 0.1) is 11.0 Å². The molecule has 7 nitrogen and oxygen atoms in total. The smallest absolute Gasteiger partial charge is 0.223 e. The van der Waals surface area contributed by atoms with Gasteiger partial charge in [-0.1, -0.05) is 18.2 Å². The van der Waals surface area contributed by atoms with Crippen molar-refractivity contribution in [2.24, 2.45) is 5.92 Å². The Morgan fingerprint density at radius 1 is 1.13 bits per heavy atom. The van der Waals surface area contributed by atoms with Gasteiger partial charge in [-0.3, -0.25) is 4.79 Å². The molecule has 158 valence electrons. The van der Waals surface area contributed by atoms with Gasteiger partial charge in [-0.25, -0.2) is 4.98 Å². The van der Waals surface area contributed by atoms with Crippen LogP contribution in [0.2, 0.25) is 0 Å². The fourth-order valence-electron chi connectivity index (χ4n) is 4.16. The second kappa shape index (κ2) is 8.65. The molecule has 1 fully saturated rings. The Hall–Kier alpha value is -3.22. The van der Waals surface area contributed by atoms with E-state index in [2.05, 4.69) is 27.8 Å². The van der Waals surface area contributed by atoms with E-state index in [4.69, 9.17) is 4.98 Å². The number of nitrogens with one attached hydrogen (secondary N) is 1. The minimum atomic E-state index is -0.135. The van der Waals surface area contributed by atoms with Gasteiger partial charge in [0.15, 0.2) is 11.5 Å². The highest BCUT2D eigenvalue weighted by atomic mass is 16.3. The molecule has 1 aliphatic rings. The maximum Gasteiger partial charge on any atom is 0.223 e. The number of nitrogens with zero attached hydrogens (tertiary/aromatic N) is 3. The lowest BCUT2D eigenvalue weighted by molar-refractivity contribution is -0.125. The monoisotopic (exact) mass is 408 g/mol. The van der Waals surface area contributed by atoms with Crippen molar-refractivity contribution >= 4 is 22.9 Å². The molecule has 1 aromatic heterocycles. The molecular formula is C23H28N4O3. The number of anilines is 1. The third kappa shape index (κ3) is 4.06. The third-order valence-electron chi connectivity index (χ3n) is 5.85. The number of para-hydroxylation sites is 2. The van der Waals surface area contributed by atoms with Crippen LogP contribution in [-0.4, -0.2) is 45.3 Å². The van der Waals surface area contributed by atoms with Crippen molar-refractivity contribution in [3.05, 3.63) is 48.0 Å². The van der Waals surface area contributed by atoms with Crippen LogP contribution in [0.5, 0.6) is 11.5 Å². The molecular weight excluding hydrogens is 380 g/mol. The topological polar surface area (TPSA) is 90.6 Å². The SMILES string of the molecule is CCn1c(N2CCC(C(=O)NCCc3ccc(O)c(O)c3)CC2)nc2ccccc21. The first-order valence-electron chi connectivity index (χ1n) is 10.6. The number of carbonyl (C=O) groups is 1. The van der Waals surface area contributed by atoms with Crippen molar-refractivity contribution in [3.8, 4) is 11.5 Å². The van der Waals surface area contributed by atoms with Crippen molar-refractivity contribution < 1.29 is 15.0 Å². The third-order valence-corrected chi connectivity index (χ3v) is 5.85. The van der Waals surface area contributed by atoms with Crippen LogP contribution in [0.4, 0.5) is 5.95 Å². The zero-order chi connectivity index (χ0) is 21.1. The molecule has 0 aliphatic carbocycles. The van der Waals surface area contributed by atoms with E-state index in [0.717, 1.165) is 55.0 Å². The van der Waals surface area contributed by atoms with Crippen molar-refractivity contribution in [2.45, 2.75) is 32.7 Å². The second-order valence-electron chi connectivity index (χ2n) is 7.77. The Morgan fingerprint density at radius 3 is 2.63 bits per heavy atom. The highest BCUT2D eigenvalue weighted by Gasteiger charge is 2.27.